The molecule has 0 radical (unpaired) electrons. The van der Waals surface area contributed by atoms with Crippen molar-refractivity contribution in [1.29, 1.82) is 5.26 Å². The zero-order valence-electron chi connectivity index (χ0n) is 8.38. The molecular weight excluding hydrogens is 202 g/mol. The quantitative estimate of drug-likeness (QED) is 0.321. The average Bonchev–Trinajstić information content (AvgIpc) is 2.30. The second kappa shape index (κ2) is 4.28. The second-order valence-electron chi connectivity index (χ2n) is 3.08. The van der Waals surface area contributed by atoms with Gasteiger partial charge in [-0.25, -0.2) is 4.99 Å². The van der Waals surface area contributed by atoms with E-state index in [2.05, 4.69) is 15.3 Å². The first-order valence-corrected chi connectivity index (χ1v) is 4.64. The lowest BCUT2D eigenvalue weighted by molar-refractivity contribution is 1.22. The first kappa shape index (κ1) is 9.93. The van der Waals surface area contributed by atoms with Crippen LogP contribution in [0.25, 0.3) is 10.9 Å². The SMILES string of the molecule is N#CNC(N)=Nc1cccc2ncccc12. The molecule has 2 aromatic rings. The predicted molar refractivity (Wildman–Crippen MR) is 61.8 cm³/mol. The fourth-order valence-corrected chi connectivity index (χ4v) is 1.40. The van der Waals surface area contributed by atoms with Gasteiger partial charge in [-0.1, -0.05) is 6.07 Å². The summed E-state index contributed by atoms with van der Waals surface area (Å²) in [6.07, 6.45) is 3.43. The number of fused-ring (bicyclic) bond motifs is 1. The van der Waals surface area contributed by atoms with E-state index in [0.717, 1.165) is 10.9 Å². The van der Waals surface area contributed by atoms with E-state index >= 15 is 0 Å². The summed E-state index contributed by atoms with van der Waals surface area (Å²) in [5.41, 5.74) is 7.03. The lowest BCUT2D eigenvalue weighted by Crippen LogP contribution is -2.26. The number of nitrogens with zero attached hydrogens (tertiary/aromatic N) is 3. The third kappa shape index (κ3) is 1.91. The highest BCUT2D eigenvalue weighted by Gasteiger charge is 2.00. The van der Waals surface area contributed by atoms with Crippen LogP contribution in [0.1, 0.15) is 0 Å². The Labute approximate surface area is 92.2 Å². The number of aliphatic imine (C=N–C) groups is 1. The Morgan fingerprint density at radius 2 is 2.25 bits per heavy atom. The van der Waals surface area contributed by atoms with Crippen LogP contribution >= 0.6 is 0 Å². The monoisotopic (exact) mass is 211 g/mol. The van der Waals surface area contributed by atoms with Crippen LogP contribution in [0.4, 0.5) is 5.69 Å². The fourth-order valence-electron chi connectivity index (χ4n) is 1.40. The summed E-state index contributed by atoms with van der Waals surface area (Å²) in [5, 5.41) is 11.6. The predicted octanol–water partition coefficient (Wildman–Crippen LogP) is 1.25. The number of hydrogen-bond donors (Lipinski definition) is 2. The lowest BCUT2D eigenvalue weighted by Gasteiger charge is -2.01. The van der Waals surface area contributed by atoms with Crippen LogP contribution in [0.5, 0.6) is 0 Å². The minimum absolute atomic E-state index is 0.0684. The molecule has 0 aliphatic heterocycles. The molecule has 2 rings (SSSR count). The molecule has 0 unspecified atom stereocenters. The molecule has 0 saturated carbocycles. The zero-order chi connectivity index (χ0) is 11.4. The number of nitriles is 1. The van der Waals surface area contributed by atoms with Crippen molar-refractivity contribution in [3.05, 3.63) is 36.5 Å². The van der Waals surface area contributed by atoms with E-state index in [1.54, 1.807) is 12.4 Å². The van der Waals surface area contributed by atoms with Gasteiger partial charge in [0, 0.05) is 11.6 Å². The van der Waals surface area contributed by atoms with Crippen LogP contribution < -0.4 is 11.1 Å². The largest absolute Gasteiger partial charge is 0.369 e. The van der Waals surface area contributed by atoms with Gasteiger partial charge < -0.3 is 5.73 Å². The van der Waals surface area contributed by atoms with Crippen LogP contribution in [-0.4, -0.2) is 10.9 Å². The average molecular weight is 211 g/mol. The minimum atomic E-state index is 0.0684. The molecule has 0 amide bonds. The summed E-state index contributed by atoms with van der Waals surface area (Å²) in [4.78, 5) is 8.30. The number of rotatable bonds is 1. The number of benzene rings is 1. The topological polar surface area (TPSA) is 87.1 Å². The maximum absolute atomic E-state index is 8.39. The molecule has 3 N–H and O–H groups in total. The summed E-state index contributed by atoms with van der Waals surface area (Å²) in [5.74, 6) is 0.0684. The summed E-state index contributed by atoms with van der Waals surface area (Å²) >= 11 is 0. The number of aromatic nitrogens is 1. The van der Waals surface area contributed by atoms with Crippen molar-refractivity contribution in [2.45, 2.75) is 0 Å². The highest BCUT2D eigenvalue weighted by atomic mass is 15.1. The Balaban J connectivity index is 2.53. The molecule has 0 aliphatic rings. The van der Waals surface area contributed by atoms with E-state index < -0.39 is 0 Å². The highest BCUT2D eigenvalue weighted by Crippen LogP contribution is 2.23. The molecule has 16 heavy (non-hydrogen) atoms. The van der Waals surface area contributed by atoms with E-state index in [1.807, 2.05) is 30.3 Å². The molecule has 0 atom stereocenters. The Morgan fingerprint density at radius 3 is 3.06 bits per heavy atom. The van der Waals surface area contributed by atoms with Crippen LogP contribution in [0.3, 0.4) is 0 Å². The normalized spacial score (nSPS) is 11.1. The maximum atomic E-state index is 8.39. The molecule has 0 spiro atoms. The Bertz CT molecular complexity index is 577. The molecule has 78 valence electrons. The van der Waals surface area contributed by atoms with Crippen molar-refractivity contribution in [2.75, 3.05) is 0 Å². The van der Waals surface area contributed by atoms with Gasteiger partial charge in [0.05, 0.1) is 11.2 Å². The number of nitrogens with one attached hydrogen (secondary N) is 1. The van der Waals surface area contributed by atoms with E-state index in [9.17, 15) is 0 Å². The second-order valence-corrected chi connectivity index (χ2v) is 3.08. The number of guanidine groups is 1. The van der Waals surface area contributed by atoms with Gasteiger partial charge in [0.15, 0.2) is 6.19 Å². The number of nitrogens with two attached hydrogens (primary N) is 1. The van der Waals surface area contributed by atoms with Gasteiger partial charge in [0.25, 0.3) is 0 Å². The van der Waals surface area contributed by atoms with Gasteiger partial charge in [0.1, 0.15) is 0 Å². The van der Waals surface area contributed by atoms with Gasteiger partial charge in [-0.15, -0.1) is 0 Å². The van der Waals surface area contributed by atoms with E-state index in [0.29, 0.717) is 5.69 Å². The molecule has 1 heterocycles. The molecule has 0 aliphatic carbocycles. The van der Waals surface area contributed by atoms with Crippen molar-refractivity contribution < 1.29 is 0 Å². The van der Waals surface area contributed by atoms with Crippen LogP contribution in [0.2, 0.25) is 0 Å². The van der Waals surface area contributed by atoms with Crippen LogP contribution in [0, 0.1) is 11.5 Å². The Kier molecular flexibility index (Phi) is 2.65. The molecule has 5 heteroatoms. The molecular formula is C11H9N5. The smallest absolute Gasteiger partial charge is 0.207 e. The zero-order valence-corrected chi connectivity index (χ0v) is 8.38. The lowest BCUT2D eigenvalue weighted by atomic mass is 10.2. The van der Waals surface area contributed by atoms with Gasteiger partial charge in [-0.2, -0.15) is 5.26 Å². The van der Waals surface area contributed by atoms with Crippen LogP contribution in [0.15, 0.2) is 41.5 Å². The molecule has 0 bridgehead atoms. The van der Waals surface area contributed by atoms with Crippen molar-refractivity contribution in [3.63, 3.8) is 0 Å². The fraction of sp³-hybridized carbons (Fsp3) is 0. The molecule has 1 aromatic heterocycles. The van der Waals surface area contributed by atoms with Crippen molar-refractivity contribution in [2.24, 2.45) is 10.7 Å². The summed E-state index contributed by atoms with van der Waals surface area (Å²) in [7, 11) is 0. The van der Waals surface area contributed by atoms with Gasteiger partial charge in [-0.05, 0) is 24.3 Å². The number of pyridine rings is 1. The highest BCUT2D eigenvalue weighted by molar-refractivity contribution is 5.93. The van der Waals surface area contributed by atoms with Crippen molar-refractivity contribution in [3.8, 4) is 6.19 Å². The molecule has 0 saturated heterocycles. The van der Waals surface area contributed by atoms with Gasteiger partial charge in [-0.3, -0.25) is 10.3 Å². The molecule has 5 nitrogen and oxygen atoms in total. The van der Waals surface area contributed by atoms with E-state index in [-0.39, 0.29) is 5.96 Å². The molecule has 1 aromatic carbocycles. The Hall–Kier alpha value is -2.61. The molecule has 0 fully saturated rings. The maximum Gasteiger partial charge on any atom is 0.207 e. The summed E-state index contributed by atoms with van der Waals surface area (Å²) in [6, 6.07) is 9.28. The van der Waals surface area contributed by atoms with Crippen LogP contribution in [-0.2, 0) is 0 Å². The minimum Gasteiger partial charge on any atom is -0.369 e. The first-order valence-electron chi connectivity index (χ1n) is 4.64. The van der Waals surface area contributed by atoms with E-state index in [1.165, 1.54) is 0 Å². The third-order valence-electron chi connectivity index (χ3n) is 2.05. The summed E-state index contributed by atoms with van der Waals surface area (Å²) in [6.45, 7) is 0. The Morgan fingerprint density at radius 1 is 1.38 bits per heavy atom. The van der Waals surface area contributed by atoms with Crippen molar-refractivity contribution in [1.82, 2.24) is 10.3 Å². The van der Waals surface area contributed by atoms with Gasteiger partial charge >= 0.3 is 0 Å². The standard InChI is InChI=1S/C11H9N5/c12-7-15-11(13)16-10-5-1-4-9-8(10)3-2-6-14-9/h1-6H,(H3,13,15,16). The number of hydrogen-bond acceptors (Lipinski definition) is 3. The van der Waals surface area contributed by atoms with Crippen molar-refractivity contribution >= 4 is 22.5 Å². The third-order valence-corrected chi connectivity index (χ3v) is 2.05. The van der Waals surface area contributed by atoms with E-state index in [4.69, 9.17) is 11.0 Å². The summed E-state index contributed by atoms with van der Waals surface area (Å²) < 4.78 is 0. The first-order chi connectivity index (χ1) is 7.81. The van der Waals surface area contributed by atoms with Gasteiger partial charge in [0.2, 0.25) is 5.96 Å².